The Kier molecular flexibility index (Phi) is 6.05. The molecule has 3 heterocycles. The van der Waals surface area contributed by atoms with E-state index in [2.05, 4.69) is 9.97 Å². The predicted octanol–water partition coefficient (Wildman–Crippen LogP) is 2.66. The minimum Gasteiger partial charge on any atom is -0.466 e. The van der Waals surface area contributed by atoms with Crippen molar-refractivity contribution in [3.05, 3.63) is 49.8 Å². The maximum absolute atomic E-state index is 12.5. The lowest BCUT2D eigenvalue weighted by Crippen LogP contribution is -2.31. The van der Waals surface area contributed by atoms with Gasteiger partial charge in [0.15, 0.2) is 11.2 Å². The number of aromatic amines is 1. The molecule has 0 bridgehead atoms. The van der Waals surface area contributed by atoms with Gasteiger partial charge in [-0.15, -0.1) is 0 Å². The predicted molar refractivity (Wildman–Crippen MR) is 107 cm³/mol. The Balaban J connectivity index is 2.00. The third kappa shape index (κ3) is 4.03. The first-order valence-electron chi connectivity index (χ1n) is 9.83. The van der Waals surface area contributed by atoms with Gasteiger partial charge in [0, 0.05) is 13.1 Å². The highest BCUT2D eigenvalue weighted by Gasteiger charge is 2.20. The molecule has 0 amide bonds. The molecule has 0 aliphatic heterocycles. The second-order valence-corrected chi connectivity index (χ2v) is 7.02. The SMILES string of the molecule is CCCCn1c(=O)[nH]c(=O)c2c1nc(COC(=O)c1cc(C)oc1C)n2CCC. The molecule has 9 nitrogen and oxygen atoms in total. The first-order valence-corrected chi connectivity index (χ1v) is 9.83. The van der Waals surface area contributed by atoms with E-state index in [0.717, 1.165) is 19.3 Å². The number of carbonyl (C=O) groups excluding carboxylic acids is 1. The molecule has 3 rings (SSSR count). The van der Waals surface area contributed by atoms with E-state index in [9.17, 15) is 14.4 Å². The second-order valence-electron chi connectivity index (χ2n) is 7.02. The molecule has 3 aromatic rings. The Labute approximate surface area is 167 Å². The highest BCUT2D eigenvalue weighted by atomic mass is 16.5. The molecule has 0 radical (unpaired) electrons. The average Bonchev–Trinajstić information content (AvgIpc) is 3.20. The molecule has 0 aliphatic carbocycles. The number of H-pyrrole nitrogens is 1. The van der Waals surface area contributed by atoms with Crippen LogP contribution in [0.25, 0.3) is 11.2 Å². The number of nitrogens with one attached hydrogen (secondary N) is 1. The van der Waals surface area contributed by atoms with E-state index in [-0.39, 0.29) is 6.61 Å². The molecule has 0 saturated heterocycles. The largest absolute Gasteiger partial charge is 0.466 e. The van der Waals surface area contributed by atoms with Crippen LogP contribution in [0.1, 0.15) is 60.8 Å². The molecule has 1 N–H and O–H groups in total. The fourth-order valence-electron chi connectivity index (χ4n) is 3.36. The maximum Gasteiger partial charge on any atom is 0.342 e. The lowest BCUT2D eigenvalue weighted by Gasteiger charge is -2.08. The van der Waals surface area contributed by atoms with Crippen molar-refractivity contribution in [3.8, 4) is 0 Å². The molecule has 0 aromatic carbocycles. The number of imidazole rings is 1. The summed E-state index contributed by atoms with van der Waals surface area (Å²) in [7, 11) is 0. The van der Waals surface area contributed by atoms with Crippen molar-refractivity contribution in [3.63, 3.8) is 0 Å². The van der Waals surface area contributed by atoms with Gasteiger partial charge in [0.1, 0.15) is 29.5 Å². The minimum absolute atomic E-state index is 0.113. The van der Waals surface area contributed by atoms with Crippen molar-refractivity contribution in [2.75, 3.05) is 0 Å². The van der Waals surface area contributed by atoms with Gasteiger partial charge in [-0.2, -0.15) is 0 Å². The summed E-state index contributed by atoms with van der Waals surface area (Å²) in [6, 6.07) is 1.62. The highest BCUT2D eigenvalue weighted by molar-refractivity contribution is 5.90. The molecule has 29 heavy (non-hydrogen) atoms. The van der Waals surface area contributed by atoms with Crippen molar-refractivity contribution in [1.29, 1.82) is 0 Å². The number of nitrogens with zero attached hydrogens (tertiary/aromatic N) is 3. The second kappa shape index (κ2) is 8.50. The summed E-state index contributed by atoms with van der Waals surface area (Å²) in [5.41, 5.74) is 0.0343. The summed E-state index contributed by atoms with van der Waals surface area (Å²) >= 11 is 0. The van der Waals surface area contributed by atoms with Gasteiger partial charge in [0.05, 0.1) is 0 Å². The molecule has 3 aromatic heterocycles. The zero-order valence-electron chi connectivity index (χ0n) is 17.2. The fourth-order valence-corrected chi connectivity index (χ4v) is 3.36. The normalized spacial score (nSPS) is 11.3. The van der Waals surface area contributed by atoms with E-state index in [1.807, 2.05) is 13.8 Å². The third-order valence-corrected chi connectivity index (χ3v) is 4.74. The van der Waals surface area contributed by atoms with Gasteiger partial charge in [0.25, 0.3) is 5.56 Å². The van der Waals surface area contributed by atoms with Gasteiger partial charge >= 0.3 is 11.7 Å². The van der Waals surface area contributed by atoms with E-state index in [4.69, 9.17) is 9.15 Å². The Morgan fingerprint density at radius 3 is 2.55 bits per heavy atom. The number of hydrogen-bond acceptors (Lipinski definition) is 6. The van der Waals surface area contributed by atoms with Crippen LogP contribution in [0.4, 0.5) is 0 Å². The number of carbonyl (C=O) groups is 1. The van der Waals surface area contributed by atoms with Gasteiger partial charge in [-0.05, 0) is 32.8 Å². The standard InChI is InChI=1S/C20H26N4O5/c1-5-7-9-24-17-16(18(25)22-20(24)27)23(8-6-2)15(21-17)11-28-19(26)14-10-12(3)29-13(14)4/h10H,5-9,11H2,1-4H3,(H,22,25,27). The van der Waals surface area contributed by atoms with Crippen molar-refractivity contribution >= 4 is 17.1 Å². The Morgan fingerprint density at radius 2 is 1.93 bits per heavy atom. The average molecular weight is 402 g/mol. The lowest BCUT2D eigenvalue weighted by molar-refractivity contribution is 0.0456. The quantitative estimate of drug-likeness (QED) is 0.580. The number of hydrogen-bond donors (Lipinski definition) is 1. The van der Waals surface area contributed by atoms with Crippen LogP contribution in [-0.4, -0.2) is 25.1 Å². The van der Waals surface area contributed by atoms with Crippen molar-refractivity contribution in [2.24, 2.45) is 0 Å². The van der Waals surface area contributed by atoms with Gasteiger partial charge in [-0.25, -0.2) is 14.6 Å². The Bertz CT molecular complexity index is 1150. The summed E-state index contributed by atoms with van der Waals surface area (Å²) in [5, 5.41) is 0. The molecule has 156 valence electrons. The molecular weight excluding hydrogens is 376 g/mol. The summed E-state index contributed by atoms with van der Waals surface area (Å²) in [4.78, 5) is 44.1. The van der Waals surface area contributed by atoms with E-state index in [1.165, 1.54) is 4.57 Å². The smallest absolute Gasteiger partial charge is 0.342 e. The number of fused-ring (bicyclic) bond motifs is 1. The molecule has 0 fully saturated rings. The number of unbranched alkanes of at least 4 members (excludes halogenated alkanes) is 1. The minimum atomic E-state index is -0.522. The monoisotopic (exact) mass is 402 g/mol. The molecule has 9 heteroatoms. The fraction of sp³-hybridized carbons (Fsp3) is 0.500. The van der Waals surface area contributed by atoms with Crippen molar-refractivity contribution < 1.29 is 13.9 Å². The zero-order chi connectivity index (χ0) is 21.1. The summed E-state index contributed by atoms with van der Waals surface area (Å²) in [5.74, 6) is 1.01. The van der Waals surface area contributed by atoms with Crippen LogP contribution < -0.4 is 11.2 Å². The number of rotatable bonds is 8. The number of esters is 1. The Morgan fingerprint density at radius 1 is 1.17 bits per heavy atom. The molecule has 0 unspecified atom stereocenters. The number of aromatic nitrogens is 4. The number of ether oxygens (including phenoxy) is 1. The maximum atomic E-state index is 12.5. The summed E-state index contributed by atoms with van der Waals surface area (Å²) in [6.45, 7) is 8.31. The van der Waals surface area contributed by atoms with Crippen LogP contribution in [-0.2, 0) is 24.4 Å². The van der Waals surface area contributed by atoms with Crippen LogP contribution in [0.15, 0.2) is 20.1 Å². The van der Waals surface area contributed by atoms with E-state index >= 15 is 0 Å². The molecule has 0 saturated carbocycles. The van der Waals surface area contributed by atoms with Gasteiger partial charge in [0.2, 0.25) is 0 Å². The zero-order valence-corrected chi connectivity index (χ0v) is 17.2. The molecule has 0 spiro atoms. The lowest BCUT2D eigenvalue weighted by atomic mass is 10.2. The van der Waals surface area contributed by atoms with Crippen LogP contribution in [0.3, 0.4) is 0 Å². The topological polar surface area (TPSA) is 112 Å². The van der Waals surface area contributed by atoms with Gasteiger partial charge < -0.3 is 13.7 Å². The molecular formula is C20H26N4O5. The van der Waals surface area contributed by atoms with Crippen LogP contribution >= 0.6 is 0 Å². The molecule has 0 atom stereocenters. The van der Waals surface area contributed by atoms with Crippen molar-refractivity contribution in [1.82, 2.24) is 19.1 Å². The highest BCUT2D eigenvalue weighted by Crippen LogP contribution is 2.17. The number of aryl methyl sites for hydroxylation is 4. The van der Waals surface area contributed by atoms with E-state index < -0.39 is 17.2 Å². The van der Waals surface area contributed by atoms with Crippen LogP contribution in [0, 0.1) is 13.8 Å². The van der Waals surface area contributed by atoms with E-state index in [1.54, 1.807) is 24.5 Å². The van der Waals surface area contributed by atoms with Crippen LogP contribution in [0.5, 0.6) is 0 Å². The van der Waals surface area contributed by atoms with Crippen LogP contribution in [0.2, 0.25) is 0 Å². The van der Waals surface area contributed by atoms with Gasteiger partial charge in [-0.3, -0.25) is 14.3 Å². The Hall–Kier alpha value is -3.10. The number of furan rings is 1. The van der Waals surface area contributed by atoms with Crippen molar-refractivity contribution in [2.45, 2.75) is 66.7 Å². The van der Waals surface area contributed by atoms with Gasteiger partial charge in [-0.1, -0.05) is 20.3 Å². The molecule has 0 aliphatic rings. The third-order valence-electron chi connectivity index (χ3n) is 4.74. The summed E-state index contributed by atoms with van der Waals surface area (Å²) in [6.07, 6.45) is 2.43. The van der Waals surface area contributed by atoms with E-state index in [0.29, 0.717) is 47.2 Å². The summed E-state index contributed by atoms with van der Waals surface area (Å²) < 4.78 is 14.0. The first-order chi connectivity index (χ1) is 13.9. The first kappa shape index (κ1) is 20.6.